The van der Waals surface area contributed by atoms with Crippen LogP contribution in [0.1, 0.15) is 19.4 Å². The van der Waals surface area contributed by atoms with E-state index in [1.54, 1.807) is 6.92 Å². The number of aromatic nitrogens is 4. The zero-order chi connectivity index (χ0) is 8.27. The lowest BCUT2D eigenvalue weighted by Crippen LogP contribution is -2.18. The second kappa shape index (κ2) is 3.09. The van der Waals surface area contributed by atoms with Crippen LogP contribution in [0.3, 0.4) is 0 Å². The van der Waals surface area contributed by atoms with Gasteiger partial charge in [0.2, 0.25) is 0 Å². The molecule has 1 heterocycles. The molecule has 1 N–H and O–H groups in total. The van der Waals surface area contributed by atoms with E-state index in [2.05, 4.69) is 15.5 Å². The summed E-state index contributed by atoms with van der Waals surface area (Å²) < 4.78 is 1.22. The van der Waals surface area contributed by atoms with Crippen molar-refractivity contribution in [2.75, 3.05) is 0 Å². The van der Waals surface area contributed by atoms with E-state index in [1.165, 1.54) is 11.0 Å². The first kappa shape index (κ1) is 7.64. The Labute approximate surface area is 62.8 Å². The van der Waals surface area contributed by atoms with Gasteiger partial charge in [-0.2, -0.15) is 0 Å². The number of tetrazole rings is 1. The van der Waals surface area contributed by atoms with Gasteiger partial charge in [-0.3, -0.25) is 0 Å². The maximum Gasteiger partial charge on any atom is 0.328 e. The smallest absolute Gasteiger partial charge is 0.328 e. The van der Waals surface area contributed by atoms with Crippen LogP contribution in [0.5, 0.6) is 0 Å². The van der Waals surface area contributed by atoms with Gasteiger partial charge in [0.1, 0.15) is 6.33 Å². The average molecular weight is 156 g/mol. The zero-order valence-electron chi connectivity index (χ0n) is 6.01. The van der Waals surface area contributed by atoms with E-state index in [9.17, 15) is 4.79 Å². The van der Waals surface area contributed by atoms with E-state index in [1.807, 2.05) is 0 Å². The first-order chi connectivity index (χ1) is 5.25. The van der Waals surface area contributed by atoms with Gasteiger partial charge >= 0.3 is 5.97 Å². The maximum absolute atomic E-state index is 10.5. The maximum atomic E-state index is 10.5. The molecule has 1 aromatic rings. The number of hydrogen-bond donors (Lipinski definition) is 1. The first-order valence-corrected chi connectivity index (χ1v) is 3.21. The summed E-state index contributed by atoms with van der Waals surface area (Å²) in [6.07, 6.45) is 1.77. The predicted octanol–water partition coefficient (Wildman–Crippen LogP) is -0.291. The van der Waals surface area contributed by atoms with E-state index in [0.717, 1.165) is 0 Å². The van der Waals surface area contributed by atoms with E-state index in [0.29, 0.717) is 6.42 Å². The minimum Gasteiger partial charge on any atom is -0.480 e. The van der Waals surface area contributed by atoms with Gasteiger partial charge in [0.25, 0.3) is 0 Å². The Bertz CT molecular complexity index is 233. The molecule has 0 amide bonds. The van der Waals surface area contributed by atoms with E-state index in [4.69, 9.17) is 5.11 Å². The Hall–Kier alpha value is -1.46. The van der Waals surface area contributed by atoms with Gasteiger partial charge in [-0.1, -0.05) is 6.92 Å². The highest BCUT2D eigenvalue weighted by atomic mass is 16.4. The van der Waals surface area contributed by atoms with Crippen LogP contribution in [0, 0.1) is 0 Å². The van der Waals surface area contributed by atoms with Gasteiger partial charge in [0.15, 0.2) is 6.04 Å². The number of carboxylic acid groups (broad SMARTS) is 1. The lowest BCUT2D eigenvalue weighted by molar-refractivity contribution is -0.141. The predicted molar refractivity (Wildman–Crippen MR) is 34.8 cm³/mol. The second-order valence-corrected chi connectivity index (χ2v) is 2.05. The Balaban J connectivity index is 2.79. The SMILES string of the molecule is CCC(C(=O)O)n1cnnn1. The summed E-state index contributed by atoms with van der Waals surface area (Å²) in [5, 5.41) is 18.8. The molecule has 1 rings (SSSR count). The third kappa shape index (κ3) is 1.51. The highest BCUT2D eigenvalue weighted by molar-refractivity contribution is 5.71. The molecule has 0 saturated carbocycles. The monoisotopic (exact) mass is 156 g/mol. The molecule has 60 valence electrons. The molecule has 6 heteroatoms. The fourth-order valence-electron chi connectivity index (χ4n) is 0.786. The van der Waals surface area contributed by atoms with E-state index < -0.39 is 12.0 Å². The molecule has 0 radical (unpaired) electrons. The lowest BCUT2D eigenvalue weighted by atomic mass is 10.2. The zero-order valence-corrected chi connectivity index (χ0v) is 6.01. The van der Waals surface area contributed by atoms with Gasteiger partial charge in [0, 0.05) is 0 Å². The molecule has 0 spiro atoms. The lowest BCUT2D eigenvalue weighted by Gasteiger charge is -2.06. The summed E-state index contributed by atoms with van der Waals surface area (Å²) in [7, 11) is 0. The summed E-state index contributed by atoms with van der Waals surface area (Å²) in [6, 6.07) is -0.648. The molecule has 11 heavy (non-hydrogen) atoms. The number of rotatable bonds is 3. The van der Waals surface area contributed by atoms with Crippen LogP contribution < -0.4 is 0 Å². The molecule has 0 aliphatic carbocycles. The Morgan fingerprint density at radius 2 is 2.55 bits per heavy atom. The van der Waals surface area contributed by atoms with Crippen LogP contribution in [-0.4, -0.2) is 31.3 Å². The Kier molecular flexibility index (Phi) is 2.15. The van der Waals surface area contributed by atoms with Crippen molar-refractivity contribution >= 4 is 5.97 Å². The molecular formula is C5H8N4O2. The molecule has 1 atom stereocenters. The van der Waals surface area contributed by atoms with Crippen LogP contribution in [0.15, 0.2) is 6.33 Å². The molecule has 1 unspecified atom stereocenters. The number of carboxylic acids is 1. The number of carbonyl (C=O) groups is 1. The van der Waals surface area contributed by atoms with Crippen molar-refractivity contribution in [3.05, 3.63) is 6.33 Å². The molecular weight excluding hydrogens is 148 g/mol. The van der Waals surface area contributed by atoms with Crippen molar-refractivity contribution in [2.45, 2.75) is 19.4 Å². The fourth-order valence-corrected chi connectivity index (χ4v) is 0.786. The Morgan fingerprint density at radius 1 is 1.82 bits per heavy atom. The summed E-state index contributed by atoms with van der Waals surface area (Å²) in [5.74, 6) is -0.917. The van der Waals surface area contributed by atoms with Crippen LogP contribution in [0.25, 0.3) is 0 Å². The van der Waals surface area contributed by atoms with Gasteiger partial charge in [-0.05, 0) is 16.8 Å². The number of aliphatic carboxylic acids is 1. The highest BCUT2D eigenvalue weighted by Gasteiger charge is 2.17. The van der Waals surface area contributed by atoms with Crippen molar-refractivity contribution in [2.24, 2.45) is 0 Å². The molecule has 0 aliphatic rings. The minimum absolute atomic E-state index is 0.473. The van der Waals surface area contributed by atoms with Gasteiger partial charge in [0.05, 0.1) is 0 Å². The van der Waals surface area contributed by atoms with Crippen LogP contribution in [-0.2, 0) is 4.79 Å². The molecule has 0 bridgehead atoms. The summed E-state index contributed by atoms with van der Waals surface area (Å²) >= 11 is 0. The molecule has 6 nitrogen and oxygen atoms in total. The van der Waals surface area contributed by atoms with Gasteiger partial charge in [-0.15, -0.1) is 5.10 Å². The Morgan fingerprint density at radius 3 is 2.91 bits per heavy atom. The van der Waals surface area contributed by atoms with Crippen molar-refractivity contribution in [3.8, 4) is 0 Å². The summed E-state index contributed by atoms with van der Waals surface area (Å²) in [5.41, 5.74) is 0. The summed E-state index contributed by atoms with van der Waals surface area (Å²) in [6.45, 7) is 1.76. The van der Waals surface area contributed by atoms with E-state index >= 15 is 0 Å². The topological polar surface area (TPSA) is 80.9 Å². The summed E-state index contributed by atoms with van der Waals surface area (Å²) in [4.78, 5) is 10.5. The molecule has 0 aromatic carbocycles. The molecule has 1 aromatic heterocycles. The van der Waals surface area contributed by atoms with Crippen LogP contribution in [0.2, 0.25) is 0 Å². The van der Waals surface area contributed by atoms with Crippen molar-refractivity contribution in [3.63, 3.8) is 0 Å². The first-order valence-electron chi connectivity index (χ1n) is 3.21. The van der Waals surface area contributed by atoms with Crippen LogP contribution >= 0.6 is 0 Å². The van der Waals surface area contributed by atoms with Crippen molar-refractivity contribution in [1.29, 1.82) is 0 Å². The quantitative estimate of drug-likeness (QED) is 0.650. The van der Waals surface area contributed by atoms with Crippen molar-refractivity contribution in [1.82, 2.24) is 20.2 Å². The molecule has 0 fully saturated rings. The fraction of sp³-hybridized carbons (Fsp3) is 0.600. The third-order valence-corrected chi connectivity index (χ3v) is 1.36. The minimum atomic E-state index is -0.917. The van der Waals surface area contributed by atoms with E-state index in [-0.39, 0.29) is 0 Å². The largest absolute Gasteiger partial charge is 0.480 e. The number of nitrogens with zero attached hydrogens (tertiary/aromatic N) is 4. The average Bonchev–Trinajstić information content (AvgIpc) is 2.40. The van der Waals surface area contributed by atoms with Gasteiger partial charge < -0.3 is 5.11 Å². The van der Waals surface area contributed by atoms with Gasteiger partial charge in [-0.25, -0.2) is 9.48 Å². The molecule has 0 saturated heterocycles. The normalized spacial score (nSPS) is 12.8. The molecule has 0 aliphatic heterocycles. The third-order valence-electron chi connectivity index (χ3n) is 1.36. The van der Waals surface area contributed by atoms with Crippen molar-refractivity contribution < 1.29 is 9.90 Å². The standard InChI is InChI=1S/C5H8N4O2/c1-2-4(5(10)11)9-3-6-7-8-9/h3-4H,2H2,1H3,(H,10,11). The van der Waals surface area contributed by atoms with Crippen LogP contribution in [0.4, 0.5) is 0 Å². The highest BCUT2D eigenvalue weighted by Crippen LogP contribution is 2.06. The number of hydrogen-bond acceptors (Lipinski definition) is 4. The second-order valence-electron chi connectivity index (χ2n) is 2.05.